The first-order chi connectivity index (χ1) is 14.7. The van der Waals surface area contributed by atoms with E-state index in [-0.39, 0.29) is 19.5 Å². The molecule has 0 unspecified atom stereocenters. The number of halogens is 3. The highest BCUT2D eigenvalue weighted by atomic mass is 32.2. The molecular formula is C22H26F3NO4S. The minimum atomic E-state index is -4.98. The van der Waals surface area contributed by atoms with Gasteiger partial charge in [-0.05, 0) is 35.9 Å². The van der Waals surface area contributed by atoms with Crippen molar-refractivity contribution in [2.45, 2.75) is 31.0 Å². The van der Waals surface area contributed by atoms with Crippen molar-refractivity contribution in [2.24, 2.45) is 0 Å². The maximum atomic E-state index is 13.2. The zero-order chi connectivity index (χ0) is 23.0. The number of hydrogen-bond donors (Lipinski definition) is 0. The van der Waals surface area contributed by atoms with Crippen molar-refractivity contribution in [1.29, 1.82) is 0 Å². The Bertz CT molecular complexity index is 890. The van der Waals surface area contributed by atoms with E-state index in [0.717, 1.165) is 15.5 Å². The average molecular weight is 458 g/mol. The van der Waals surface area contributed by atoms with Gasteiger partial charge in [0, 0.05) is 18.7 Å². The number of benzene rings is 2. The molecule has 5 nitrogen and oxygen atoms in total. The summed E-state index contributed by atoms with van der Waals surface area (Å²) >= 11 is 1.57. The SMILES string of the molecule is CCSc1cc(OC)c(CCN(Cc2ccccc2OC)C(=O)C(F)(F)F)cc1OC. The lowest BCUT2D eigenvalue weighted by molar-refractivity contribution is -0.186. The van der Waals surface area contributed by atoms with Gasteiger partial charge in [0.2, 0.25) is 0 Å². The van der Waals surface area contributed by atoms with E-state index in [2.05, 4.69) is 0 Å². The normalized spacial score (nSPS) is 11.2. The molecule has 0 aliphatic heterocycles. The minimum Gasteiger partial charge on any atom is -0.496 e. The summed E-state index contributed by atoms with van der Waals surface area (Å²) in [6.45, 7) is 1.62. The van der Waals surface area contributed by atoms with Crippen molar-refractivity contribution in [3.63, 3.8) is 0 Å². The number of amides is 1. The molecule has 31 heavy (non-hydrogen) atoms. The highest BCUT2D eigenvalue weighted by Crippen LogP contribution is 2.36. The molecule has 0 heterocycles. The van der Waals surface area contributed by atoms with Crippen molar-refractivity contribution >= 4 is 17.7 Å². The maximum Gasteiger partial charge on any atom is 0.471 e. The van der Waals surface area contributed by atoms with E-state index in [1.165, 1.54) is 21.3 Å². The molecule has 0 radical (unpaired) electrons. The van der Waals surface area contributed by atoms with Gasteiger partial charge in [0.1, 0.15) is 17.2 Å². The van der Waals surface area contributed by atoms with E-state index in [1.807, 2.05) is 6.92 Å². The van der Waals surface area contributed by atoms with Crippen LogP contribution in [0.5, 0.6) is 17.2 Å². The Morgan fingerprint density at radius 1 is 0.968 bits per heavy atom. The van der Waals surface area contributed by atoms with Gasteiger partial charge in [-0.15, -0.1) is 11.8 Å². The Kier molecular flexibility index (Phi) is 8.91. The summed E-state index contributed by atoms with van der Waals surface area (Å²) in [4.78, 5) is 13.8. The highest BCUT2D eigenvalue weighted by molar-refractivity contribution is 7.99. The number of methoxy groups -OCH3 is 3. The van der Waals surface area contributed by atoms with E-state index in [4.69, 9.17) is 14.2 Å². The van der Waals surface area contributed by atoms with Crippen molar-refractivity contribution in [2.75, 3.05) is 33.6 Å². The number of para-hydroxylation sites is 1. The molecule has 170 valence electrons. The average Bonchev–Trinajstić information content (AvgIpc) is 2.76. The number of carbonyl (C=O) groups excluding carboxylic acids is 1. The topological polar surface area (TPSA) is 48.0 Å². The van der Waals surface area contributed by atoms with Crippen LogP contribution in [0.15, 0.2) is 41.3 Å². The second kappa shape index (κ2) is 11.2. The van der Waals surface area contributed by atoms with Gasteiger partial charge in [-0.3, -0.25) is 4.79 Å². The number of thioether (sulfide) groups is 1. The highest BCUT2D eigenvalue weighted by Gasteiger charge is 2.42. The molecule has 0 atom stereocenters. The van der Waals surface area contributed by atoms with Crippen LogP contribution in [-0.2, 0) is 17.8 Å². The first-order valence-electron chi connectivity index (χ1n) is 9.60. The summed E-state index contributed by atoms with van der Waals surface area (Å²) in [6, 6.07) is 10.2. The Morgan fingerprint density at radius 3 is 2.19 bits per heavy atom. The van der Waals surface area contributed by atoms with E-state index in [0.29, 0.717) is 28.4 Å². The van der Waals surface area contributed by atoms with Crippen LogP contribution >= 0.6 is 11.8 Å². The molecule has 0 saturated heterocycles. The van der Waals surface area contributed by atoms with Gasteiger partial charge in [-0.1, -0.05) is 25.1 Å². The molecule has 0 bridgehead atoms. The summed E-state index contributed by atoms with van der Waals surface area (Å²) < 4.78 is 55.8. The van der Waals surface area contributed by atoms with E-state index >= 15 is 0 Å². The fourth-order valence-corrected chi connectivity index (χ4v) is 3.91. The molecule has 0 spiro atoms. The molecule has 0 aromatic heterocycles. The van der Waals surface area contributed by atoms with E-state index in [1.54, 1.807) is 48.2 Å². The lowest BCUT2D eigenvalue weighted by Gasteiger charge is -2.25. The predicted molar refractivity (Wildman–Crippen MR) is 114 cm³/mol. The predicted octanol–water partition coefficient (Wildman–Crippen LogP) is 4.96. The molecule has 2 aromatic carbocycles. The second-order valence-corrected chi connectivity index (χ2v) is 7.84. The lowest BCUT2D eigenvalue weighted by Crippen LogP contribution is -2.41. The van der Waals surface area contributed by atoms with Crippen LogP contribution in [0, 0.1) is 0 Å². The van der Waals surface area contributed by atoms with Gasteiger partial charge >= 0.3 is 12.1 Å². The van der Waals surface area contributed by atoms with Crippen LogP contribution in [-0.4, -0.2) is 50.6 Å². The Morgan fingerprint density at radius 2 is 1.61 bits per heavy atom. The molecule has 0 fully saturated rings. The summed E-state index contributed by atoms with van der Waals surface area (Å²) in [7, 11) is 4.47. The molecule has 0 aliphatic carbocycles. The number of hydrogen-bond acceptors (Lipinski definition) is 5. The standard InChI is InChI=1S/C22H26F3NO4S/c1-5-31-20-13-18(29-3)15(12-19(20)30-4)10-11-26(21(27)22(23,24)25)14-16-8-6-7-9-17(16)28-2/h6-9,12-13H,5,10-11,14H2,1-4H3. The quantitative estimate of drug-likeness (QED) is 0.472. The molecular weight excluding hydrogens is 431 g/mol. The fourth-order valence-electron chi connectivity index (χ4n) is 3.12. The largest absolute Gasteiger partial charge is 0.496 e. The fraction of sp³-hybridized carbons (Fsp3) is 0.409. The van der Waals surface area contributed by atoms with Crippen LogP contribution in [0.3, 0.4) is 0 Å². The molecule has 0 N–H and O–H groups in total. The van der Waals surface area contributed by atoms with Crippen molar-refractivity contribution in [3.8, 4) is 17.2 Å². The lowest BCUT2D eigenvalue weighted by atomic mass is 10.1. The minimum absolute atomic E-state index is 0.157. The van der Waals surface area contributed by atoms with Crippen molar-refractivity contribution in [3.05, 3.63) is 47.5 Å². The van der Waals surface area contributed by atoms with E-state index < -0.39 is 12.1 Å². The number of carbonyl (C=O) groups is 1. The number of rotatable bonds is 10. The van der Waals surface area contributed by atoms with Gasteiger partial charge in [0.15, 0.2) is 0 Å². The first-order valence-corrected chi connectivity index (χ1v) is 10.6. The van der Waals surface area contributed by atoms with Crippen LogP contribution in [0.4, 0.5) is 13.2 Å². The van der Waals surface area contributed by atoms with Crippen LogP contribution in [0.1, 0.15) is 18.1 Å². The Labute approximate surface area is 184 Å². The van der Waals surface area contributed by atoms with Crippen LogP contribution in [0.25, 0.3) is 0 Å². The van der Waals surface area contributed by atoms with E-state index in [9.17, 15) is 18.0 Å². The monoisotopic (exact) mass is 457 g/mol. The van der Waals surface area contributed by atoms with Crippen LogP contribution < -0.4 is 14.2 Å². The van der Waals surface area contributed by atoms with Gasteiger partial charge in [-0.2, -0.15) is 13.2 Å². The molecule has 0 aliphatic rings. The second-order valence-electron chi connectivity index (χ2n) is 6.53. The van der Waals surface area contributed by atoms with Gasteiger partial charge in [0.05, 0.1) is 26.2 Å². The third-order valence-corrected chi connectivity index (χ3v) is 5.52. The zero-order valence-electron chi connectivity index (χ0n) is 17.9. The maximum absolute atomic E-state index is 13.2. The number of alkyl halides is 3. The molecule has 1 amide bonds. The smallest absolute Gasteiger partial charge is 0.471 e. The molecule has 2 aromatic rings. The Hall–Kier alpha value is -2.55. The Balaban J connectivity index is 2.32. The first kappa shape index (κ1) is 24.7. The summed E-state index contributed by atoms with van der Waals surface area (Å²) in [5.74, 6) is 0.491. The molecule has 0 saturated carbocycles. The summed E-state index contributed by atoms with van der Waals surface area (Å²) in [5.41, 5.74) is 1.14. The molecule has 2 rings (SSSR count). The van der Waals surface area contributed by atoms with Crippen LogP contribution in [0.2, 0.25) is 0 Å². The third kappa shape index (κ3) is 6.46. The van der Waals surface area contributed by atoms with Crippen molar-refractivity contribution < 1.29 is 32.2 Å². The van der Waals surface area contributed by atoms with Crippen molar-refractivity contribution in [1.82, 2.24) is 4.90 Å². The molecule has 9 heteroatoms. The zero-order valence-corrected chi connectivity index (χ0v) is 18.7. The third-order valence-electron chi connectivity index (χ3n) is 4.60. The van der Waals surface area contributed by atoms with Gasteiger partial charge in [-0.25, -0.2) is 0 Å². The number of ether oxygens (including phenoxy) is 3. The summed E-state index contributed by atoms with van der Waals surface area (Å²) in [6.07, 6.45) is -4.82. The van der Waals surface area contributed by atoms with Gasteiger partial charge < -0.3 is 19.1 Å². The summed E-state index contributed by atoms with van der Waals surface area (Å²) in [5, 5.41) is 0. The number of nitrogens with zero attached hydrogens (tertiary/aromatic N) is 1. The van der Waals surface area contributed by atoms with Gasteiger partial charge in [0.25, 0.3) is 0 Å².